The van der Waals surface area contributed by atoms with Gasteiger partial charge < -0.3 is 5.11 Å². The summed E-state index contributed by atoms with van der Waals surface area (Å²) in [6, 6.07) is 23.0. The zero-order valence-corrected chi connectivity index (χ0v) is 22.1. The van der Waals surface area contributed by atoms with E-state index in [9.17, 15) is 5.11 Å². The lowest BCUT2D eigenvalue weighted by atomic mass is 9.90. The highest BCUT2D eigenvalue weighted by Crippen LogP contribution is 2.41. The number of hydrogen-bond acceptors (Lipinski definition) is 3. The van der Waals surface area contributed by atoms with Crippen molar-refractivity contribution in [2.24, 2.45) is 0 Å². The third-order valence-electron chi connectivity index (χ3n) is 6.69. The first kappa shape index (κ1) is 23.7. The molecule has 0 spiro atoms. The van der Waals surface area contributed by atoms with Crippen LogP contribution in [0.1, 0.15) is 29.4 Å². The van der Waals surface area contributed by atoms with E-state index in [1.165, 1.54) is 0 Å². The minimum absolute atomic E-state index is 0.638. The summed E-state index contributed by atoms with van der Waals surface area (Å²) < 4.78 is 3.94. The highest BCUT2D eigenvalue weighted by Gasteiger charge is 2.39. The highest BCUT2D eigenvalue weighted by molar-refractivity contribution is 6.30. The van der Waals surface area contributed by atoms with Gasteiger partial charge in [-0.25, -0.2) is 9.97 Å². The Morgan fingerprint density at radius 2 is 1.00 bits per heavy atom. The molecule has 0 radical (unpaired) electrons. The van der Waals surface area contributed by atoms with E-state index < -0.39 is 5.60 Å². The molecule has 0 atom stereocenters. The van der Waals surface area contributed by atoms with Gasteiger partial charge in [0.25, 0.3) is 0 Å². The molecule has 0 saturated carbocycles. The number of aryl methyl sites for hydroxylation is 2. The Labute approximate surface area is 224 Å². The molecule has 5 nitrogen and oxygen atoms in total. The van der Waals surface area contributed by atoms with Gasteiger partial charge in [-0.2, -0.15) is 0 Å². The van der Waals surface area contributed by atoms with Crippen molar-refractivity contribution in [1.82, 2.24) is 18.8 Å². The molecule has 0 fully saturated rings. The fourth-order valence-corrected chi connectivity index (χ4v) is 5.21. The van der Waals surface area contributed by atoms with Crippen molar-refractivity contribution in [2.75, 3.05) is 0 Å². The van der Waals surface area contributed by atoms with Crippen LogP contribution in [0.15, 0.2) is 85.2 Å². The lowest BCUT2D eigenvalue weighted by Crippen LogP contribution is -2.28. The molecule has 0 saturated heterocycles. The predicted molar refractivity (Wildman–Crippen MR) is 149 cm³/mol. The molecule has 6 rings (SSSR count). The van der Waals surface area contributed by atoms with Crippen LogP contribution in [0.2, 0.25) is 10.0 Å². The second-order valence-corrected chi connectivity index (χ2v) is 10.4. The minimum Gasteiger partial charge on any atom is -0.377 e. The van der Waals surface area contributed by atoms with E-state index in [0.29, 0.717) is 32.8 Å². The van der Waals surface area contributed by atoms with Crippen LogP contribution in [0.5, 0.6) is 0 Å². The first-order chi connectivity index (χ1) is 17.7. The van der Waals surface area contributed by atoms with Gasteiger partial charge in [-0.3, -0.25) is 8.80 Å². The first-order valence-corrected chi connectivity index (χ1v) is 12.7. The number of rotatable bonds is 4. The molecule has 0 aliphatic heterocycles. The molecular weight excluding hydrogens is 503 g/mol. The van der Waals surface area contributed by atoms with Gasteiger partial charge in [-0.05, 0) is 68.3 Å². The molecule has 6 aromatic rings. The maximum atomic E-state index is 12.6. The van der Waals surface area contributed by atoms with Crippen LogP contribution in [0.3, 0.4) is 0 Å². The highest BCUT2D eigenvalue weighted by atomic mass is 35.5. The lowest BCUT2D eigenvalue weighted by molar-refractivity contribution is 0.0921. The van der Waals surface area contributed by atoms with E-state index >= 15 is 0 Å². The Morgan fingerprint density at radius 3 is 1.38 bits per heavy atom. The second-order valence-electron chi connectivity index (χ2n) is 9.57. The van der Waals surface area contributed by atoms with E-state index in [4.69, 9.17) is 33.2 Å². The standard InChI is InChI=1S/C30H24Cl2N4O/c1-18-4-14-24-33-26(20-6-10-22(31)11-7-20)28(35(24)16-18)30(3,37)29-27(21-8-12-23(32)13-9-21)34-25-15-5-19(2)17-36(25)29/h4-17,37H,1-3H3. The second kappa shape index (κ2) is 8.73. The number of aliphatic hydroxyl groups is 1. The lowest BCUT2D eigenvalue weighted by Gasteiger charge is -2.26. The Bertz CT molecular complexity index is 1650. The quantitative estimate of drug-likeness (QED) is 0.258. The third-order valence-corrected chi connectivity index (χ3v) is 7.19. The van der Waals surface area contributed by atoms with Gasteiger partial charge in [0.1, 0.15) is 16.9 Å². The fourth-order valence-electron chi connectivity index (χ4n) is 4.96. The number of imidazole rings is 2. The topological polar surface area (TPSA) is 54.8 Å². The summed E-state index contributed by atoms with van der Waals surface area (Å²) in [5, 5.41) is 13.9. The number of nitrogens with zero attached hydrogens (tertiary/aromatic N) is 4. The van der Waals surface area contributed by atoms with E-state index in [1.54, 1.807) is 0 Å². The molecule has 1 N–H and O–H groups in total. The summed E-state index contributed by atoms with van der Waals surface area (Å²) >= 11 is 12.4. The molecule has 7 heteroatoms. The van der Waals surface area contributed by atoms with Crippen molar-refractivity contribution in [2.45, 2.75) is 26.4 Å². The third kappa shape index (κ3) is 4.00. The van der Waals surface area contributed by atoms with E-state index in [1.807, 2.05) is 115 Å². The summed E-state index contributed by atoms with van der Waals surface area (Å²) in [5.74, 6) is 0. The SMILES string of the molecule is Cc1ccc2nc(-c3ccc(Cl)cc3)c(C(C)(O)c3c(-c4ccc(Cl)cc4)nc4ccc(C)cn34)n2c1. The van der Waals surface area contributed by atoms with Crippen LogP contribution in [0.4, 0.5) is 0 Å². The van der Waals surface area contributed by atoms with Crippen molar-refractivity contribution in [3.05, 3.63) is 118 Å². The van der Waals surface area contributed by atoms with Crippen LogP contribution in [-0.2, 0) is 5.60 Å². The van der Waals surface area contributed by atoms with Crippen LogP contribution in [0, 0.1) is 13.8 Å². The minimum atomic E-state index is -1.50. The number of hydrogen-bond donors (Lipinski definition) is 1. The number of aromatic nitrogens is 4. The zero-order chi connectivity index (χ0) is 25.9. The number of fused-ring (bicyclic) bond motifs is 2. The smallest absolute Gasteiger partial charge is 0.147 e. The molecule has 184 valence electrons. The monoisotopic (exact) mass is 526 g/mol. The zero-order valence-electron chi connectivity index (χ0n) is 20.6. The normalized spacial score (nSPS) is 12.1. The molecule has 4 aromatic heterocycles. The molecular formula is C30H24Cl2N4O. The molecule has 0 unspecified atom stereocenters. The summed E-state index contributed by atoms with van der Waals surface area (Å²) in [6.07, 6.45) is 4.00. The van der Waals surface area contributed by atoms with Gasteiger partial charge in [-0.15, -0.1) is 0 Å². The van der Waals surface area contributed by atoms with Gasteiger partial charge >= 0.3 is 0 Å². The van der Waals surface area contributed by atoms with Crippen LogP contribution in [-0.4, -0.2) is 23.9 Å². The Hall–Kier alpha value is -3.64. The van der Waals surface area contributed by atoms with Gasteiger partial charge in [0.2, 0.25) is 0 Å². The molecule has 0 bridgehead atoms. The summed E-state index contributed by atoms with van der Waals surface area (Å²) in [7, 11) is 0. The van der Waals surface area contributed by atoms with Crippen molar-refractivity contribution in [3.8, 4) is 22.5 Å². The fraction of sp³-hybridized carbons (Fsp3) is 0.133. The average molecular weight is 527 g/mol. The van der Waals surface area contributed by atoms with Crippen molar-refractivity contribution >= 4 is 34.5 Å². The van der Waals surface area contributed by atoms with Crippen LogP contribution in [0.25, 0.3) is 33.8 Å². The van der Waals surface area contributed by atoms with E-state index in [0.717, 1.165) is 33.5 Å². The first-order valence-electron chi connectivity index (χ1n) is 11.9. The van der Waals surface area contributed by atoms with E-state index in [-0.39, 0.29) is 0 Å². The summed E-state index contributed by atoms with van der Waals surface area (Å²) in [6.45, 7) is 5.86. The maximum absolute atomic E-state index is 12.6. The summed E-state index contributed by atoms with van der Waals surface area (Å²) in [4.78, 5) is 9.91. The largest absolute Gasteiger partial charge is 0.377 e. The number of halogens is 2. The Morgan fingerprint density at radius 1 is 0.622 bits per heavy atom. The molecule has 37 heavy (non-hydrogen) atoms. The Balaban J connectivity index is 1.71. The molecule has 0 aliphatic carbocycles. The van der Waals surface area contributed by atoms with Crippen molar-refractivity contribution in [3.63, 3.8) is 0 Å². The number of benzene rings is 2. The van der Waals surface area contributed by atoms with Crippen LogP contribution >= 0.6 is 23.2 Å². The Kier molecular flexibility index (Phi) is 5.60. The molecule has 0 aliphatic rings. The molecule has 4 heterocycles. The average Bonchev–Trinajstić information content (AvgIpc) is 3.44. The van der Waals surface area contributed by atoms with Gasteiger partial charge in [0.05, 0.1) is 22.8 Å². The van der Waals surface area contributed by atoms with Gasteiger partial charge in [-0.1, -0.05) is 59.6 Å². The molecule has 0 amide bonds. The van der Waals surface area contributed by atoms with Crippen molar-refractivity contribution < 1.29 is 5.11 Å². The van der Waals surface area contributed by atoms with E-state index in [2.05, 4.69) is 0 Å². The maximum Gasteiger partial charge on any atom is 0.147 e. The van der Waals surface area contributed by atoms with Gasteiger partial charge in [0, 0.05) is 33.6 Å². The van der Waals surface area contributed by atoms with Crippen LogP contribution < -0.4 is 0 Å². The number of pyridine rings is 2. The predicted octanol–water partition coefficient (Wildman–Crippen LogP) is 7.50. The molecule has 2 aromatic carbocycles. The van der Waals surface area contributed by atoms with Gasteiger partial charge in [0.15, 0.2) is 0 Å². The summed E-state index contributed by atoms with van der Waals surface area (Å²) in [5.41, 5.74) is 6.46. The van der Waals surface area contributed by atoms with Crippen molar-refractivity contribution in [1.29, 1.82) is 0 Å².